The summed E-state index contributed by atoms with van der Waals surface area (Å²) in [6, 6.07) is 16.6. The lowest BCUT2D eigenvalue weighted by Crippen LogP contribution is -2.29. The van der Waals surface area contributed by atoms with Crippen molar-refractivity contribution in [2.24, 2.45) is 0 Å². The Bertz CT molecular complexity index is 646. The van der Waals surface area contributed by atoms with Gasteiger partial charge in [-0.05, 0) is 60.6 Å². The van der Waals surface area contributed by atoms with Crippen molar-refractivity contribution in [3.8, 4) is 0 Å². The Morgan fingerprint density at radius 3 is 2.78 bits per heavy atom. The highest BCUT2D eigenvalue weighted by Crippen LogP contribution is 2.17. The Morgan fingerprint density at radius 2 is 2.00 bits per heavy atom. The van der Waals surface area contributed by atoms with Crippen LogP contribution in [0.2, 0.25) is 0 Å². The summed E-state index contributed by atoms with van der Waals surface area (Å²) in [6.07, 6.45) is 1.09. The number of halogens is 1. The van der Waals surface area contributed by atoms with Crippen LogP contribution in [0.4, 0.5) is 5.69 Å². The van der Waals surface area contributed by atoms with Gasteiger partial charge in [0, 0.05) is 22.5 Å². The zero-order chi connectivity index (χ0) is 16.5. The number of thiocarbonyl (C=S) groups is 1. The van der Waals surface area contributed by atoms with E-state index in [1.807, 2.05) is 36.0 Å². The Hall–Kier alpha value is -1.04. The van der Waals surface area contributed by atoms with E-state index >= 15 is 0 Å². The third kappa shape index (κ3) is 6.94. The molecule has 0 aliphatic rings. The molecule has 23 heavy (non-hydrogen) atoms. The van der Waals surface area contributed by atoms with Crippen LogP contribution in [0.15, 0.2) is 53.0 Å². The van der Waals surface area contributed by atoms with Crippen molar-refractivity contribution in [3.63, 3.8) is 0 Å². The van der Waals surface area contributed by atoms with Crippen LogP contribution in [0, 0.1) is 6.92 Å². The maximum absolute atomic E-state index is 5.31. The lowest BCUT2D eigenvalue weighted by atomic mass is 10.1. The molecule has 0 aromatic heterocycles. The molecule has 2 aromatic carbocycles. The minimum Gasteiger partial charge on any atom is -0.362 e. The minimum absolute atomic E-state index is 0.673. The molecule has 5 heteroatoms. The van der Waals surface area contributed by atoms with Gasteiger partial charge in [0.15, 0.2) is 5.11 Å². The molecule has 0 spiro atoms. The van der Waals surface area contributed by atoms with Gasteiger partial charge >= 0.3 is 0 Å². The summed E-state index contributed by atoms with van der Waals surface area (Å²) in [5.41, 5.74) is 3.79. The van der Waals surface area contributed by atoms with Gasteiger partial charge in [-0.3, -0.25) is 0 Å². The van der Waals surface area contributed by atoms with E-state index in [4.69, 9.17) is 12.2 Å². The van der Waals surface area contributed by atoms with Crippen LogP contribution in [0.5, 0.6) is 0 Å². The Labute approximate surface area is 156 Å². The predicted molar refractivity (Wildman–Crippen MR) is 110 cm³/mol. The van der Waals surface area contributed by atoms with E-state index in [0.29, 0.717) is 5.11 Å². The fourth-order valence-corrected chi connectivity index (χ4v) is 3.73. The SMILES string of the molecule is Cc1ccccc1CSCCCNC(=S)Nc1cccc(Br)c1. The van der Waals surface area contributed by atoms with E-state index in [0.717, 1.165) is 34.6 Å². The number of anilines is 1. The summed E-state index contributed by atoms with van der Waals surface area (Å²) in [5, 5.41) is 7.12. The molecule has 2 N–H and O–H groups in total. The van der Waals surface area contributed by atoms with Crippen molar-refractivity contribution >= 4 is 50.7 Å². The number of benzene rings is 2. The smallest absolute Gasteiger partial charge is 0.170 e. The van der Waals surface area contributed by atoms with E-state index in [1.54, 1.807) is 0 Å². The van der Waals surface area contributed by atoms with E-state index in [9.17, 15) is 0 Å². The number of rotatable bonds is 7. The van der Waals surface area contributed by atoms with Crippen LogP contribution < -0.4 is 10.6 Å². The van der Waals surface area contributed by atoms with Gasteiger partial charge in [-0.25, -0.2) is 0 Å². The number of hydrogen-bond acceptors (Lipinski definition) is 2. The highest BCUT2D eigenvalue weighted by atomic mass is 79.9. The topological polar surface area (TPSA) is 24.1 Å². The van der Waals surface area contributed by atoms with Crippen molar-refractivity contribution in [1.29, 1.82) is 0 Å². The zero-order valence-corrected chi connectivity index (χ0v) is 16.4. The van der Waals surface area contributed by atoms with E-state index < -0.39 is 0 Å². The largest absolute Gasteiger partial charge is 0.362 e. The molecular formula is C18H21BrN2S2. The average Bonchev–Trinajstić information content (AvgIpc) is 2.52. The van der Waals surface area contributed by atoms with Gasteiger partial charge < -0.3 is 10.6 Å². The van der Waals surface area contributed by atoms with Crippen LogP contribution in [0.25, 0.3) is 0 Å². The highest BCUT2D eigenvalue weighted by Gasteiger charge is 1.99. The number of aryl methyl sites for hydroxylation is 1. The molecule has 0 saturated carbocycles. The maximum atomic E-state index is 5.31. The third-order valence-corrected chi connectivity index (χ3v) is 5.18. The van der Waals surface area contributed by atoms with E-state index in [1.165, 1.54) is 11.1 Å². The van der Waals surface area contributed by atoms with Crippen LogP contribution in [0.1, 0.15) is 17.5 Å². The van der Waals surface area contributed by atoms with Crippen LogP contribution >= 0.6 is 39.9 Å². The number of hydrogen-bond donors (Lipinski definition) is 2. The second-order valence-electron chi connectivity index (χ2n) is 5.22. The zero-order valence-electron chi connectivity index (χ0n) is 13.1. The second kappa shape index (κ2) is 9.96. The van der Waals surface area contributed by atoms with Crippen molar-refractivity contribution < 1.29 is 0 Å². The quantitative estimate of drug-likeness (QED) is 0.475. The Morgan fingerprint density at radius 1 is 1.17 bits per heavy atom. The lowest BCUT2D eigenvalue weighted by Gasteiger charge is -2.11. The first-order chi connectivity index (χ1) is 11.1. The summed E-state index contributed by atoms with van der Waals surface area (Å²) in [7, 11) is 0. The highest BCUT2D eigenvalue weighted by molar-refractivity contribution is 9.10. The fourth-order valence-electron chi connectivity index (χ4n) is 2.07. The molecule has 0 unspecified atom stereocenters. The molecular weight excluding hydrogens is 388 g/mol. The number of thioether (sulfide) groups is 1. The molecule has 2 nitrogen and oxygen atoms in total. The summed E-state index contributed by atoms with van der Waals surface area (Å²) in [4.78, 5) is 0. The van der Waals surface area contributed by atoms with Crippen molar-refractivity contribution in [2.75, 3.05) is 17.6 Å². The molecule has 0 radical (unpaired) electrons. The summed E-state index contributed by atoms with van der Waals surface area (Å²) in [6.45, 7) is 3.06. The van der Waals surface area contributed by atoms with Gasteiger partial charge in [0.2, 0.25) is 0 Å². The molecule has 2 rings (SSSR count). The lowest BCUT2D eigenvalue weighted by molar-refractivity contribution is 0.854. The van der Waals surface area contributed by atoms with Gasteiger partial charge in [-0.15, -0.1) is 0 Å². The molecule has 0 saturated heterocycles. The van der Waals surface area contributed by atoms with Gasteiger partial charge in [0.25, 0.3) is 0 Å². The molecule has 2 aromatic rings. The van der Waals surface area contributed by atoms with Gasteiger partial charge in [0.05, 0.1) is 0 Å². The Balaban J connectivity index is 1.58. The standard InChI is InChI=1S/C18H21BrN2S2/c1-14-6-2-3-7-15(14)13-23-11-5-10-20-18(22)21-17-9-4-8-16(19)12-17/h2-4,6-9,12H,5,10-11,13H2,1H3,(H2,20,21,22). The maximum Gasteiger partial charge on any atom is 0.170 e. The van der Waals surface area contributed by atoms with Gasteiger partial charge in [-0.1, -0.05) is 46.3 Å². The fraction of sp³-hybridized carbons (Fsp3) is 0.278. The molecule has 0 aliphatic carbocycles. The first-order valence-electron chi connectivity index (χ1n) is 7.58. The third-order valence-electron chi connectivity index (χ3n) is 3.35. The van der Waals surface area contributed by atoms with Gasteiger partial charge in [-0.2, -0.15) is 11.8 Å². The first-order valence-corrected chi connectivity index (χ1v) is 9.93. The molecule has 0 atom stereocenters. The predicted octanol–water partition coefficient (Wildman–Crippen LogP) is 5.37. The number of nitrogens with one attached hydrogen (secondary N) is 2. The van der Waals surface area contributed by atoms with Crippen molar-refractivity contribution in [1.82, 2.24) is 5.32 Å². The minimum atomic E-state index is 0.673. The molecule has 0 bridgehead atoms. The van der Waals surface area contributed by atoms with Crippen LogP contribution in [-0.2, 0) is 5.75 Å². The van der Waals surface area contributed by atoms with Crippen LogP contribution in [-0.4, -0.2) is 17.4 Å². The molecule has 0 amide bonds. The molecule has 122 valence electrons. The van der Waals surface area contributed by atoms with Crippen molar-refractivity contribution in [2.45, 2.75) is 19.1 Å². The average molecular weight is 409 g/mol. The monoisotopic (exact) mass is 408 g/mol. The molecule has 0 heterocycles. The Kier molecular flexibility index (Phi) is 7.92. The summed E-state index contributed by atoms with van der Waals surface area (Å²) >= 11 is 10.7. The van der Waals surface area contributed by atoms with Crippen LogP contribution in [0.3, 0.4) is 0 Å². The first kappa shape index (κ1) is 18.3. The molecule has 0 aliphatic heterocycles. The second-order valence-corrected chi connectivity index (χ2v) is 7.65. The summed E-state index contributed by atoms with van der Waals surface area (Å²) < 4.78 is 1.04. The normalized spacial score (nSPS) is 10.3. The van der Waals surface area contributed by atoms with Crippen molar-refractivity contribution in [3.05, 3.63) is 64.1 Å². The van der Waals surface area contributed by atoms with Gasteiger partial charge in [0.1, 0.15) is 0 Å². The van der Waals surface area contributed by atoms with E-state index in [2.05, 4.69) is 57.8 Å². The summed E-state index contributed by atoms with van der Waals surface area (Å²) in [5.74, 6) is 2.20. The molecule has 0 fully saturated rings. The van der Waals surface area contributed by atoms with E-state index in [-0.39, 0.29) is 0 Å².